The molecule has 0 spiro atoms. The zero-order chi connectivity index (χ0) is 23.2. The maximum absolute atomic E-state index is 14.0. The zero-order valence-corrected chi connectivity index (χ0v) is 18.7. The number of nitrogens with zero attached hydrogens (tertiary/aromatic N) is 7. The van der Waals surface area contributed by atoms with Gasteiger partial charge in [-0.3, -0.25) is 9.48 Å². The summed E-state index contributed by atoms with van der Waals surface area (Å²) in [5, 5.41) is 17.7. The van der Waals surface area contributed by atoms with Gasteiger partial charge < -0.3 is 5.32 Å². The van der Waals surface area contributed by atoms with E-state index in [1.807, 2.05) is 20.2 Å². The second kappa shape index (κ2) is 8.10. The van der Waals surface area contributed by atoms with Gasteiger partial charge in [-0.25, -0.2) is 18.7 Å². The number of halogens is 2. The van der Waals surface area contributed by atoms with Gasteiger partial charge in [0.15, 0.2) is 17.3 Å². The van der Waals surface area contributed by atoms with Crippen molar-refractivity contribution in [3.63, 3.8) is 0 Å². The summed E-state index contributed by atoms with van der Waals surface area (Å²) < 4.78 is 29.8. The molecule has 4 aromatic rings. The van der Waals surface area contributed by atoms with Crippen molar-refractivity contribution in [3.8, 4) is 5.82 Å². The fraction of sp³-hybridized carbons (Fsp3) is 0.333. The quantitative estimate of drug-likeness (QED) is 0.446. The van der Waals surface area contributed by atoms with Crippen LogP contribution in [0.15, 0.2) is 36.2 Å². The molecule has 170 valence electrons. The lowest BCUT2D eigenvalue weighted by molar-refractivity contribution is 0.0942. The summed E-state index contributed by atoms with van der Waals surface area (Å²) >= 11 is 1.57. The highest BCUT2D eigenvalue weighted by Gasteiger charge is 2.36. The molecule has 1 atom stereocenters. The van der Waals surface area contributed by atoms with Crippen molar-refractivity contribution < 1.29 is 13.6 Å². The monoisotopic (exact) mass is 470 g/mol. The second-order valence-corrected chi connectivity index (χ2v) is 9.13. The Morgan fingerprint density at radius 1 is 1.30 bits per heavy atom. The van der Waals surface area contributed by atoms with Crippen LogP contribution in [0.1, 0.15) is 52.4 Å². The average Bonchev–Trinajstić information content (AvgIpc) is 3.19. The van der Waals surface area contributed by atoms with Gasteiger partial charge in [-0.2, -0.15) is 9.78 Å². The molecule has 4 heterocycles. The standard InChI is InChI=1S/C21H20F2N8OS/c1-21(13-6-26-30(2)8-13,20-27-17(10-33-20)12-3-4-12)11-25-19(32)16-9-31(29-28-16)18-15(23)5-14(22)7-24-18/h5-10,12H,3-4,11H2,1-2H3,(H,25,32). The molecular weight excluding hydrogens is 450 g/mol. The normalized spacial score (nSPS) is 15.4. The van der Waals surface area contributed by atoms with E-state index in [9.17, 15) is 13.6 Å². The lowest BCUT2D eigenvalue weighted by atomic mass is 9.85. The molecule has 4 aromatic heterocycles. The van der Waals surface area contributed by atoms with Gasteiger partial charge in [-0.05, 0) is 19.8 Å². The van der Waals surface area contributed by atoms with Gasteiger partial charge in [-0.1, -0.05) is 5.21 Å². The molecule has 0 aliphatic heterocycles. The first-order valence-corrected chi connectivity index (χ1v) is 11.2. The van der Waals surface area contributed by atoms with Crippen LogP contribution < -0.4 is 5.32 Å². The van der Waals surface area contributed by atoms with E-state index < -0.39 is 23.0 Å². The van der Waals surface area contributed by atoms with E-state index in [0.717, 1.165) is 40.0 Å². The van der Waals surface area contributed by atoms with E-state index in [-0.39, 0.29) is 18.1 Å². The van der Waals surface area contributed by atoms with Gasteiger partial charge in [0.1, 0.15) is 10.8 Å². The first kappa shape index (κ1) is 21.3. The molecule has 9 nitrogen and oxygen atoms in total. The van der Waals surface area contributed by atoms with Crippen LogP contribution in [0, 0.1) is 11.6 Å². The van der Waals surface area contributed by atoms with Crippen molar-refractivity contribution in [2.24, 2.45) is 7.05 Å². The number of pyridine rings is 1. The maximum Gasteiger partial charge on any atom is 0.273 e. The van der Waals surface area contributed by atoms with Gasteiger partial charge in [-0.15, -0.1) is 16.4 Å². The van der Waals surface area contributed by atoms with Crippen LogP contribution in [0.4, 0.5) is 8.78 Å². The molecule has 0 aromatic carbocycles. The number of nitrogens with one attached hydrogen (secondary N) is 1. The Labute approximate surface area is 191 Å². The van der Waals surface area contributed by atoms with Crippen LogP contribution >= 0.6 is 11.3 Å². The number of carbonyl (C=O) groups excluding carboxylic acids is 1. The van der Waals surface area contributed by atoms with Gasteiger partial charge in [0.25, 0.3) is 5.91 Å². The Morgan fingerprint density at radius 3 is 2.82 bits per heavy atom. The van der Waals surface area contributed by atoms with E-state index in [1.165, 1.54) is 6.20 Å². The highest BCUT2D eigenvalue weighted by molar-refractivity contribution is 7.09. The summed E-state index contributed by atoms with van der Waals surface area (Å²) in [4.78, 5) is 21.4. The first-order valence-electron chi connectivity index (χ1n) is 10.3. The van der Waals surface area contributed by atoms with Crippen molar-refractivity contribution in [3.05, 3.63) is 69.8 Å². The van der Waals surface area contributed by atoms with Gasteiger partial charge >= 0.3 is 0 Å². The fourth-order valence-electron chi connectivity index (χ4n) is 3.51. The summed E-state index contributed by atoms with van der Waals surface area (Å²) in [6.45, 7) is 2.25. The minimum absolute atomic E-state index is 0.0214. The molecule has 1 amide bonds. The topological polar surface area (TPSA) is 103 Å². The third-order valence-corrected chi connectivity index (χ3v) is 6.79. The molecule has 0 bridgehead atoms. The molecule has 12 heteroatoms. The lowest BCUT2D eigenvalue weighted by Gasteiger charge is -2.26. The molecule has 1 fully saturated rings. The highest BCUT2D eigenvalue weighted by Crippen LogP contribution is 2.42. The number of aryl methyl sites for hydroxylation is 1. The Balaban J connectivity index is 1.37. The summed E-state index contributed by atoms with van der Waals surface area (Å²) in [5.74, 6) is -1.93. The van der Waals surface area contributed by atoms with Gasteiger partial charge in [0, 0.05) is 42.7 Å². The minimum atomic E-state index is -0.911. The number of rotatable bonds is 7. The van der Waals surface area contributed by atoms with Gasteiger partial charge in [0.05, 0.1) is 29.7 Å². The summed E-state index contributed by atoms with van der Waals surface area (Å²) in [7, 11) is 1.83. The largest absolute Gasteiger partial charge is 0.349 e. The molecule has 5 rings (SSSR count). The van der Waals surface area contributed by atoms with Crippen LogP contribution in [0.3, 0.4) is 0 Å². The summed E-state index contributed by atoms with van der Waals surface area (Å²) in [6, 6.07) is 0.688. The Bertz CT molecular complexity index is 1330. The number of amides is 1. The van der Waals surface area contributed by atoms with E-state index in [4.69, 9.17) is 4.98 Å². The van der Waals surface area contributed by atoms with Crippen molar-refractivity contribution >= 4 is 17.2 Å². The number of aromatic nitrogens is 7. The van der Waals surface area contributed by atoms with Crippen molar-refractivity contribution in [1.29, 1.82) is 0 Å². The van der Waals surface area contributed by atoms with Gasteiger partial charge in [0.2, 0.25) is 0 Å². The van der Waals surface area contributed by atoms with Crippen LogP contribution in [0.25, 0.3) is 5.82 Å². The molecule has 1 aliphatic rings. The first-order chi connectivity index (χ1) is 15.8. The number of hydrogen-bond donors (Lipinski definition) is 1. The summed E-state index contributed by atoms with van der Waals surface area (Å²) in [6.07, 6.45) is 8.09. The Morgan fingerprint density at radius 2 is 2.12 bits per heavy atom. The Hall–Kier alpha value is -3.54. The molecule has 1 unspecified atom stereocenters. The molecular formula is C21H20F2N8OS. The van der Waals surface area contributed by atoms with Crippen molar-refractivity contribution in [2.75, 3.05) is 6.54 Å². The molecule has 0 saturated heterocycles. The SMILES string of the molecule is Cn1cc(C(C)(CNC(=O)c2cn(-c3ncc(F)cc3F)nn2)c2nc(C3CC3)cs2)cn1. The number of hydrogen-bond acceptors (Lipinski definition) is 7. The summed E-state index contributed by atoms with van der Waals surface area (Å²) in [5.41, 5.74) is 1.38. The fourth-order valence-corrected chi connectivity index (χ4v) is 4.59. The third kappa shape index (κ3) is 4.13. The lowest BCUT2D eigenvalue weighted by Crippen LogP contribution is -2.39. The maximum atomic E-state index is 14.0. The molecule has 1 N–H and O–H groups in total. The minimum Gasteiger partial charge on any atom is -0.349 e. The predicted octanol–water partition coefficient (Wildman–Crippen LogP) is 2.74. The molecule has 0 radical (unpaired) electrons. The van der Waals surface area contributed by atoms with E-state index in [0.29, 0.717) is 12.0 Å². The predicted molar refractivity (Wildman–Crippen MR) is 115 cm³/mol. The molecule has 1 aliphatic carbocycles. The number of thiazole rings is 1. The zero-order valence-electron chi connectivity index (χ0n) is 17.9. The van der Waals surface area contributed by atoms with Crippen LogP contribution in [0.2, 0.25) is 0 Å². The highest BCUT2D eigenvalue weighted by atomic mass is 32.1. The molecule has 1 saturated carbocycles. The van der Waals surface area contributed by atoms with Crippen molar-refractivity contribution in [2.45, 2.75) is 31.1 Å². The van der Waals surface area contributed by atoms with E-state index in [2.05, 4.69) is 31.1 Å². The van der Waals surface area contributed by atoms with E-state index >= 15 is 0 Å². The third-order valence-electron chi connectivity index (χ3n) is 5.67. The van der Waals surface area contributed by atoms with Crippen LogP contribution in [-0.4, -0.2) is 47.2 Å². The molecule has 33 heavy (non-hydrogen) atoms. The smallest absolute Gasteiger partial charge is 0.273 e. The number of carbonyl (C=O) groups is 1. The average molecular weight is 471 g/mol. The van der Waals surface area contributed by atoms with E-state index in [1.54, 1.807) is 22.2 Å². The van der Waals surface area contributed by atoms with Crippen molar-refractivity contribution in [1.82, 2.24) is 40.1 Å². The second-order valence-electron chi connectivity index (χ2n) is 8.28. The van der Waals surface area contributed by atoms with Crippen LogP contribution in [-0.2, 0) is 12.5 Å². The Kier molecular flexibility index (Phi) is 5.23. The van der Waals surface area contributed by atoms with Crippen LogP contribution in [0.5, 0.6) is 0 Å².